The molecule has 0 aliphatic heterocycles. The van der Waals surface area contributed by atoms with E-state index in [1.54, 1.807) is 19.0 Å². The lowest BCUT2D eigenvalue weighted by Crippen LogP contribution is -2.12. The Kier molecular flexibility index (Phi) is 3.51. The zero-order chi connectivity index (χ0) is 7.28. The molecule has 0 unspecified atom stereocenters. The summed E-state index contributed by atoms with van der Waals surface area (Å²) in [6.07, 6.45) is 2.14. The van der Waals surface area contributed by atoms with Gasteiger partial charge < -0.3 is 9.64 Å². The Morgan fingerprint density at radius 3 is 2.22 bits per heavy atom. The number of aldehydes is 1. The Balaban J connectivity index is 3.97. The third-order valence-electron chi connectivity index (χ3n) is 0.876. The molecule has 0 fully saturated rings. The summed E-state index contributed by atoms with van der Waals surface area (Å²) in [7, 11) is 5.06. The Morgan fingerprint density at radius 2 is 2.11 bits per heavy atom. The van der Waals surface area contributed by atoms with Gasteiger partial charge in [0.25, 0.3) is 0 Å². The second-order valence-electron chi connectivity index (χ2n) is 1.79. The maximum atomic E-state index is 10.1. The normalized spacial score (nSPS) is 10.8. The minimum absolute atomic E-state index is 0.525. The van der Waals surface area contributed by atoms with E-state index in [2.05, 4.69) is 4.74 Å². The topological polar surface area (TPSA) is 29.5 Å². The molecule has 0 radical (unpaired) electrons. The number of nitrogens with zero attached hydrogens (tertiary/aromatic N) is 1. The van der Waals surface area contributed by atoms with Crippen LogP contribution in [-0.4, -0.2) is 32.4 Å². The Morgan fingerprint density at radius 1 is 1.56 bits per heavy atom. The standard InChI is InChI=1S/C6H11NO2/c1-7(2)6(4-8)5-9-3/h4-5H,1-3H3/b6-5+. The van der Waals surface area contributed by atoms with Crippen molar-refractivity contribution in [1.29, 1.82) is 0 Å². The van der Waals surface area contributed by atoms with Crippen LogP contribution in [0.1, 0.15) is 0 Å². The molecule has 0 aromatic heterocycles. The van der Waals surface area contributed by atoms with Crippen LogP contribution in [0.15, 0.2) is 12.0 Å². The second-order valence-corrected chi connectivity index (χ2v) is 1.79. The molecule has 0 spiro atoms. The van der Waals surface area contributed by atoms with E-state index in [-0.39, 0.29) is 0 Å². The van der Waals surface area contributed by atoms with Gasteiger partial charge in [-0.3, -0.25) is 4.79 Å². The lowest BCUT2D eigenvalue weighted by Gasteiger charge is -2.09. The van der Waals surface area contributed by atoms with Crippen molar-refractivity contribution < 1.29 is 9.53 Å². The lowest BCUT2D eigenvalue weighted by atomic mass is 10.5. The third kappa shape index (κ3) is 2.74. The molecule has 0 aliphatic rings. The van der Waals surface area contributed by atoms with E-state index in [0.717, 1.165) is 6.29 Å². The van der Waals surface area contributed by atoms with Crippen molar-refractivity contribution in [1.82, 2.24) is 4.90 Å². The summed E-state index contributed by atoms with van der Waals surface area (Å²) >= 11 is 0. The van der Waals surface area contributed by atoms with Crippen LogP contribution >= 0.6 is 0 Å². The first-order chi connectivity index (χ1) is 4.22. The van der Waals surface area contributed by atoms with E-state index in [1.165, 1.54) is 13.4 Å². The highest BCUT2D eigenvalue weighted by Gasteiger charge is 1.94. The molecule has 0 amide bonds. The highest BCUT2D eigenvalue weighted by Crippen LogP contribution is 1.91. The molecule has 0 heterocycles. The number of hydrogen-bond acceptors (Lipinski definition) is 3. The molecule has 0 atom stereocenters. The van der Waals surface area contributed by atoms with Gasteiger partial charge in [0.15, 0.2) is 6.29 Å². The smallest absolute Gasteiger partial charge is 0.169 e. The molecule has 52 valence electrons. The predicted molar refractivity (Wildman–Crippen MR) is 34.8 cm³/mol. The maximum absolute atomic E-state index is 10.1. The molecule has 9 heavy (non-hydrogen) atoms. The zero-order valence-electron chi connectivity index (χ0n) is 5.92. The first-order valence-electron chi connectivity index (χ1n) is 2.58. The fraction of sp³-hybridized carbons (Fsp3) is 0.500. The Hall–Kier alpha value is -0.990. The molecule has 0 rings (SSSR count). The lowest BCUT2D eigenvalue weighted by molar-refractivity contribution is -0.106. The summed E-state index contributed by atoms with van der Waals surface area (Å²) in [6.45, 7) is 0. The number of rotatable bonds is 3. The predicted octanol–water partition coefficient (Wildman–Crippen LogP) is 0.235. The van der Waals surface area contributed by atoms with E-state index >= 15 is 0 Å². The van der Waals surface area contributed by atoms with Crippen molar-refractivity contribution in [3.63, 3.8) is 0 Å². The van der Waals surface area contributed by atoms with E-state index in [1.807, 2.05) is 0 Å². The summed E-state index contributed by atoms with van der Waals surface area (Å²) in [6, 6.07) is 0. The monoisotopic (exact) mass is 129 g/mol. The van der Waals surface area contributed by atoms with Crippen LogP contribution in [0.25, 0.3) is 0 Å². The summed E-state index contributed by atoms with van der Waals surface area (Å²) in [5, 5.41) is 0. The molecule has 0 saturated carbocycles. The SMILES string of the molecule is CO/C=C(\C=O)N(C)C. The van der Waals surface area contributed by atoms with Crippen molar-refractivity contribution in [2.45, 2.75) is 0 Å². The van der Waals surface area contributed by atoms with Gasteiger partial charge in [0.05, 0.1) is 7.11 Å². The molecule has 0 aromatic rings. The summed E-state index contributed by atoms with van der Waals surface area (Å²) in [4.78, 5) is 11.8. The average Bonchev–Trinajstić information content (AvgIpc) is 1.82. The molecular formula is C6H11NO2. The first kappa shape index (κ1) is 8.01. The van der Waals surface area contributed by atoms with Gasteiger partial charge in [-0.1, -0.05) is 0 Å². The van der Waals surface area contributed by atoms with Gasteiger partial charge in [-0.15, -0.1) is 0 Å². The van der Waals surface area contributed by atoms with Crippen molar-refractivity contribution in [2.75, 3.05) is 21.2 Å². The minimum Gasteiger partial charge on any atom is -0.502 e. The van der Waals surface area contributed by atoms with Gasteiger partial charge in [-0.05, 0) is 0 Å². The molecule has 0 saturated heterocycles. The number of carbonyl (C=O) groups excluding carboxylic acids is 1. The fourth-order valence-corrected chi connectivity index (χ4v) is 0.359. The Labute approximate surface area is 54.9 Å². The highest BCUT2D eigenvalue weighted by atomic mass is 16.5. The Bertz CT molecular complexity index is 118. The van der Waals surface area contributed by atoms with E-state index in [0.29, 0.717) is 5.70 Å². The van der Waals surface area contributed by atoms with Crippen LogP contribution in [0.2, 0.25) is 0 Å². The number of ether oxygens (including phenoxy) is 1. The number of allylic oxidation sites excluding steroid dienone is 1. The third-order valence-corrected chi connectivity index (χ3v) is 0.876. The van der Waals surface area contributed by atoms with Crippen LogP contribution < -0.4 is 0 Å². The number of carbonyl (C=O) groups is 1. The summed E-state index contributed by atoms with van der Waals surface area (Å²) < 4.78 is 4.62. The van der Waals surface area contributed by atoms with Gasteiger partial charge in [-0.2, -0.15) is 0 Å². The number of hydrogen-bond donors (Lipinski definition) is 0. The van der Waals surface area contributed by atoms with Crippen molar-refractivity contribution in [2.24, 2.45) is 0 Å². The quantitative estimate of drug-likeness (QED) is 0.310. The van der Waals surface area contributed by atoms with Crippen molar-refractivity contribution >= 4 is 6.29 Å². The molecule has 3 heteroatoms. The van der Waals surface area contributed by atoms with Gasteiger partial charge >= 0.3 is 0 Å². The zero-order valence-corrected chi connectivity index (χ0v) is 5.92. The first-order valence-corrected chi connectivity index (χ1v) is 2.58. The van der Waals surface area contributed by atoms with Gasteiger partial charge in [0.2, 0.25) is 0 Å². The molecule has 0 aromatic carbocycles. The van der Waals surface area contributed by atoms with Crippen LogP contribution in [0.4, 0.5) is 0 Å². The van der Waals surface area contributed by atoms with Crippen LogP contribution in [0, 0.1) is 0 Å². The molecular weight excluding hydrogens is 118 g/mol. The van der Waals surface area contributed by atoms with Crippen molar-refractivity contribution in [3.05, 3.63) is 12.0 Å². The van der Waals surface area contributed by atoms with Crippen LogP contribution in [-0.2, 0) is 9.53 Å². The van der Waals surface area contributed by atoms with Gasteiger partial charge in [0, 0.05) is 14.1 Å². The number of methoxy groups -OCH3 is 1. The molecule has 3 nitrogen and oxygen atoms in total. The van der Waals surface area contributed by atoms with Crippen LogP contribution in [0.3, 0.4) is 0 Å². The van der Waals surface area contributed by atoms with E-state index in [4.69, 9.17) is 0 Å². The largest absolute Gasteiger partial charge is 0.502 e. The highest BCUT2D eigenvalue weighted by molar-refractivity contribution is 5.71. The maximum Gasteiger partial charge on any atom is 0.169 e. The molecule has 0 bridgehead atoms. The number of likely N-dealkylation sites (N-methyl/N-ethyl adjacent to an activating group) is 1. The van der Waals surface area contributed by atoms with Gasteiger partial charge in [-0.25, -0.2) is 0 Å². The van der Waals surface area contributed by atoms with Crippen molar-refractivity contribution in [3.8, 4) is 0 Å². The summed E-state index contributed by atoms with van der Waals surface area (Å²) in [5.74, 6) is 0. The molecule has 0 N–H and O–H groups in total. The second kappa shape index (κ2) is 3.95. The van der Waals surface area contributed by atoms with Gasteiger partial charge in [0.1, 0.15) is 12.0 Å². The van der Waals surface area contributed by atoms with E-state index in [9.17, 15) is 4.79 Å². The minimum atomic E-state index is 0.525. The molecule has 0 aliphatic carbocycles. The van der Waals surface area contributed by atoms with E-state index < -0.39 is 0 Å². The van der Waals surface area contributed by atoms with Crippen LogP contribution in [0.5, 0.6) is 0 Å². The fourth-order valence-electron chi connectivity index (χ4n) is 0.359. The summed E-state index contributed by atoms with van der Waals surface area (Å²) in [5.41, 5.74) is 0.525. The average molecular weight is 129 g/mol.